The zero-order valence-corrected chi connectivity index (χ0v) is 15.6. The minimum absolute atomic E-state index is 0. The molecule has 1 aromatic carbocycles. The second-order valence-corrected chi connectivity index (χ2v) is 6.52. The molecule has 0 aliphatic carbocycles. The lowest BCUT2D eigenvalue weighted by Gasteiger charge is -2.27. The van der Waals surface area contributed by atoms with Gasteiger partial charge in [0.05, 0.1) is 12.6 Å². The third-order valence-electron chi connectivity index (χ3n) is 3.79. The topological polar surface area (TPSA) is 73.6 Å². The first-order chi connectivity index (χ1) is 10.6. The van der Waals surface area contributed by atoms with E-state index in [9.17, 15) is 4.79 Å². The number of halogens is 2. The largest absolute Gasteiger partial charge is 0.489 e. The Hall–Kier alpha value is -0.820. The van der Waals surface area contributed by atoms with Crippen LogP contribution in [-0.2, 0) is 9.53 Å². The van der Waals surface area contributed by atoms with Gasteiger partial charge in [-0.2, -0.15) is 0 Å². The zero-order chi connectivity index (χ0) is 15.9. The fourth-order valence-electron chi connectivity index (χ4n) is 2.44. The van der Waals surface area contributed by atoms with Crippen LogP contribution in [0.25, 0.3) is 0 Å². The van der Waals surface area contributed by atoms with E-state index >= 15 is 0 Å². The van der Waals surface area contributed by atoms with Gasteiger partial charge in [-0.1, -0.05) is 15.9 Å². The van der Waals surface area contributed by atoms with E-state index in [4.69, 9.17) is 15.2 Å². The highest BCUT2D eigenvalue weighted by atomic mass is 79.9. The molecule has 1 aromatic rings. The lowest BCUT2D eigenvalue weighted by molar-refractivity contribution is -0.124. The maximum atomic E-state index is 12.1. The Morgan fingerprint density at radius 1 is 1.39 bits per heavy atom. The molecule has 2 rings (SSSR count). The first kappa shape index (κ1) is 20.2. The molecule has 7 heteroatoms. The predicted molar refractivity (Wildman–Crippen MR) is 96.0 cm³/mol. The first-order valence-electron chi connectivity index (χ1n) is 7.59. The molecule has 0 aromatic heterocycles. The summed E-state index contributed by atoms with van der Waals surface area (Å²) in [5, 5.41) is 2.87. The van der Waals surface area contributed by atoms with E-state index in [2.05, 4.69) is 21.2 Å². The summed E-state index contributed by atoms with van der Waals surface area (Å²) < 4.78 is 12.0. The second kappa shape index (κ2) is 10.1. The molecule has 0 radical (unpaired) electrons. The Labute approximate surface area is 151 Å². The number of hydrogen-bond donors (Lipinski definition) is 2. The molecule has 1 heterocycles. The molecule has 1 saturated heterocycles. The van der Waals surface area contributed by atoms with E-state index < -0.39 is 6.04 Å². The van der Waals surface area contributed by atoms with Gasteiger partial charge in [-0.3, -0.25) is 4.79 Å². The van der Waals surface area contributed by atoms with Crippen molar-refractivity contribution >= 4 is 34.2 Å². The van der Waals surface area contributed by atoms with Gasteiger partial charge in [-0.05, 0) is 49.9 Å². The maximum Gasteiger partial charge on any atom is 0.237 e. The van der Waals surface area contributed by atoms with Crippen molar-refractivity contribution < 1.29 is 14.3 Å². The number of carbonyl (C=O) groups is 1. The fraction of sp³-hybridized carbons (Fsp3) is 0.562. The summed E-state index contributed by atoms with van der Waals surface area (Å²) in [7, 11) is 0. The van der Waals surface area contributed by atoms with Crippen LogP contribution in [0.4, 0.5) is 0 Å². The van der Waals surface area contributed by atoms with Crippen LogP contribution < -0.4 is 15.8 Å². The number of rotatable bonds is 6. The van der Waals surface area contributed by atoms with Crippen LogP contribution in [-0.4, -0.2) is 37.8 Å². The van der Waals surface area contributed by atoms with Crippen molar-refractivity contribution in [1.82, 2.24) is 5.32 Å². The molecule has 2 unspecified atom stereocenters. The van der Waals surface area contributed by atoms with Crippen molar-refractivity contribution in [3.63, 3.8) is 0 Å². The van der Waals surface area contributed by atoms with E-state index in [-0.39, 0.29) is 30.3 Å². The zero-order valence-electron chi connectivity index (χ0n) is 13.2. The van der Waals surface area contributed by atoms with Crippen LogP contribution in [0.2, 0.25) is 0 Å². The van der Waals surface area contributed by atoms with Crippen molar-refractivity contribution in [3.05, 3.63) is 28.7 Å². The third kappa shape index (κ3) is 6.67. The molecule has 1 aliphatic heterocycles. The predicted octanol–water partition coefficient (Wildman–Crippen LogP) is 2.51. The van der Waals surface area contributed by atoms with Crippen molar-refractivity contribution in [1.29, 1.82) is 0 Å². The van der Waals surface area contributed by atoms with Crippen molar-refractivity contribution in [3.8, 4) is 5.75 Å². The number of nitrogens with two attached hydrogens (primary N) is 1. The van der Waals surface area contributed by atoms with Crippen LogP contribution in [0.5, 0.6) is 5.75 Å². The normalized spacial score (nSPS) is 17.7. The van der Waals surface area contributed by atoms with Crippen molar-refractivity contribution in [2.24, 2.45) is 11.7 Å². The maximum absolute atomic E-state index is 12.1. The summed E-state index contributed by atoms with van der Waals surface area (Å²) in [6, 6.07) is 7.14. The fourth-order valence-corrected chi connectivity index (χ4v) is 2.70. The Balaban J connectivity index is 0.00000264. The first-order valence-corrected chi connectivity index (χ1v) is 8.39. The molecule has 0 bridgehead atoms. The molecule has 0 spiro atoms. The summed E-state index contributed by atoms with van der Waals surface area (Å²) in [5.74, 6) is 0.869. The van der Waals surface area contributed by atoms with Crippen molar-refractivity contribution in [2.75, 3.05) is 19.8 Å². The number of amides is 1. The van der Waals surface area contributed by atoms with Crippen LogP contribution in [0.1, 0.15) is 19.8 Å². The van der Waals surface area contributed by atoms with Crippen LogP contribution in [0.3, 0.4) is 0 Å². The smallest absolute Gasteiger partial charge is 0.237 e. The van der Waals surface area contributed by atoms with E-state index in [0.29, 0.717) is 19.8 Å². The van der Waals surface area contributed by atoms with E-state index in [0.717, 1.165) is 23.1 Å². The molecule has 1 amide bonds. The lowest BCUT2D eigenvalue weighted by atomic mass is 9.92. The lowest BCUT2D eigenvalue weighted by Crippen LogP contribution is -2.48. The minimum Gasteiger partial charge on any atom is -0.489 e. The standard InChI is InChI=1S/C16H23BrN2O3.ClH/c1-11(22-14-4-2-13(17)3-5-14)10-19-16(20)15(18)12-6-8-21-9-7-12;/h2-5,11-12,15H,6-10,18H2,1H3,(H,19,20);1H. The molecular formula is C16H24BrClN2O3. The van der Waals surface area contributed by atoms with Gasteiger partial charge in [-0.15, -0.1) is 12.4 Å². The Morgan fingerprint density at radius 2 is 2.00 bits per heavy atom. The molecule has 2 atom stereocenters. The van der Waals surface area contributed by atoms with E-state index in [1.807, 2.05) is 31.2 Å². The summed E-state index contributed by atoms with van der Waals surface area (Å²) in [6.45, 7) is 3.73. The molecule has 5 nitrogen and oxygen atoms in total. The van der Waals surface area contributed by atoms with E-state index in [1.165, 1.54) is 0 Å². The summed E-state index contributed by atoms with van der Waals surface area (Å²) in [4.78, 5) is 12.1. The second-order valence-electron chi connectivity index (χ2n) is 5.60. The molecule has 0 saturated carbocycles. The van der Waals surface area contributed by atoms with Gasteiger partial charge in [0.15, 0.2) is 0 Å². The van der Waals surface area contributed by atoms with Gasteiger partial charge in [0, 0.05) is 17.7 Å². The minimum atomic E-state index is -0.469. The number of nitrogens with one attached hydrogen (secondary N) is 1. The number of hydrogen-bond acceptors (Lipinski definition) is 4. The third-order valence-corrected chi connectivity index (χ3v) is 4.32. The highest BCUT2D eigenvalue weighted by molar-refractivity contribution is 9.10. The Morgan fingerprint density at radius 3 is 2.61 bits per heavy atom. The molecule has 23 heavy (non-hydrogen) atoms. The Bertz CT molecular complexity index is 481. The van der Waals surface area contributed by atoms with Crippen LogP contribution >= 0.6 is 28.3 Å². The van der Waals surface area contributed by atoms with Crippen LogP contribution in [0.15, 0.2) is 28.7 Å². The molecule has 3 N–H and O–H groups in total. The SMILES string of the molecule is CC(CNC(=O)C(N)C1CCOCC1)Oc1ccc(Br)cc1.Cl. The average molecular weight is 408 g/mol. The van der Waals surface area contributed by atoms with Crippen LogP contribution in [0, 0.1) is 5.92 Å². The monoisotopic (exact) mass is 406 g/mol. The highest BCUT2D eigenvalue weighted by Crippen LogP contribution is 2.18. The quantitative estimate of drug-likeness (QED) is 0.760. The summed E-state index contributed by atoms with van der Waals surface area (Å²) in [6.07, 6.45) is 1.58. The number of benzene rings is 1. The summed E-state index contributed by atoms with van der Waals surface area (Å²) in [5.41, 5.74) is 6.03. The molecule has 1 aliphatic rings. The van der Waals surface area contributed by atoms with Crippen molar-refractivity contribution in [2.45, 2.75) is 31.9 Å². The summed E-state index contributed by atoms with van der Waals surface area (Å²) >= 11 is 3.38. The van der Waals surface area contributed by atoms with Gasteiger partial charge in [0.1, 0.15) is 11.9 Å². The van der Waals surface area contributed by atoms with Gasteiger partial charge < -0.3 is 20.5 Å². The Kier molecular flexibility index (Phi) is 8.91. The van der Waals surface area contributed by atoms with Gasteiger partial charge in [0.25, 0.3) is 0 Å². The molecule has 1 fully saturated rings. The highest BCUT2D eigenvalue weighted by Gasteiger charge is 2.26. The number of carbonyl (C=O) groups excluding carboxylic acids is 1. The van der Waals surface area contributed by atoms with Gasteiger partial charge in [-0.25, -0.2) is 0 Å². The van der Waals surface area contributed by atoms with E-state index in [1.54, 1.807) is 0 Å². The molecular weight excluding hydrogens is 384 g/mol. The van der Waals surface area contributed by atoms with Gasteiger partial charge in [0.2, 0.25) is 5.91 Å². The molecule has 130 valence electrons. The average Bonchev–Trinajstić information content (AvgIpc) is 2.55. The van der Waals surface area contributed by atoms with Gasteiger partial charge >= 0.3 is 0 Å². The number of ether oxygens (including phenoxy) is 2.